The third-order valence-electron chi connectivity index (χ3n) is 3.56. The van der Waals surface area contributed by atoms with Crippen molar-refractivity contribution in [2.75, 3.05) is 0 Å². The van der Waals surface area contributed by atoms with Crippen LogP contribution in [-0.4, -0.2) is 10.1 Å². The summed E-state index contributed by atoms with van der Waals surface area (Å²) in [6.07, 6.45) is 0. The highest BCUT2D eigenvalue weighted by Crippen LogP contribution is 2.34. The van der Waals surface area contributed by atoms with Gasteiger partial charge in [0, 0.05) is 16.0 Å². The van der Waals surface area contributed by atoms with E-state index in [2.05, 4.69) is 4.98 Å². The average molecular weight is 387 g/mol. The van der Waals surface area contributed by atoms with E-state index in [-0.39, 0.29) is 11.3 Å². The molecule has 3 aromatic rings. The predicted molar refractivity (Wildman–Crippen MR) is 103 cm³/mol. The van der Waals surface area contributed by atoms with E-state index in [0.29, 0.717) is 21.3 Å². The van der Waals surface area contributed by atoms with Gasteiger partial charge >= 0.3 is 0 Å². The molecule has 6 heteroatoms. The summed E-state index contributed by atoms with van der Waals surface area (Å²) in [5, 5.41) is 22.0. The second-order valence-electron chi connectivity index (χ2n) is 5.19. The van der Waals surface area contributed by atoms with Gasteiger partial charge in [0.05, 0.1) is 5.69 Å². The van der Waals surface area contributed by atoms with Crippen molar-refractivity contribution in [3.63, 3.8) is 0 Å². The molecule has 0 bridgehead atoms. The molecule has 0 saturated carbocycles. The molecule has 0 aliphatic carbocycles. The Hall–Kier alpha value is -2.32. The lowest BCUT2D eigenvalue weighted by Gasteiger charge is -2.10. The van der Waals surface area contributed by atoms with Crippen LogP contribution in [0.25, 0.3) is 16.8 Å². The van der Waals surface area contributed by atoms with E-state index in [9.17, 15) is 10.4 Å². The van der Waals surface area contributed by atoms with Crippen LogP contribution in [0.15, 0.2) is 65.7 Å². The molecule has 1 aromatic heterocycles. The monoisotopic (exact) mass is 386 g/mol. The lowest BCUT2D eigenvalue weighted by molar-refractivity contribution is 0.397. The highest BCUT2D eigenvalue weighted by atomic mass is 35.5. The van der Waals surface area contributed by atoms with E-state index >= 15 is 0 Å². The standard InChI is InChI=1S/C19H12Cl2N2OS/c20-14-8-6-12(7-9-14)16-11-25-19(23-16)15(10-22)18(24)17(21)13-4-2-1-3-5-13/h1-9,11,17,24H/b18-15+. The summed E-state index contributed by atoms with van der Waals surface area (Å²) in [6, 6.07) is 18.4. The minimum absolute atomic E-state index is 0.0778. The Balaban J connectivity index is 1.96. The second-order valence-corrected chi connectivity index (χ2v) is 6.92. The summed E-state index contributed by atoms with van der Waals surface area (Å²) < 4.78 is 0. The number of thiazole rings is 1. The van der Waals surface area contributed by atoms with E-state index in [1.165, 1.54) is 11.3 Å². The first-order chi connectivity index (χ1) is 12.1. The molecule has 25 heavy (non-hydrogen) atoms. The van der Waals surface area contributed by atoms with Gasteiger partial charge < -0.3 is 5.11 Å². The zero-order valence-electron chi connectivity index (χ0n) is 12.9. The van der Waals surface area contributed by atoms with Gasteiger partial charge in [-0.1, -0.05) is 54.1 Å². The molecular formula is C19H12Cl2N2OS. The van der Waals surface area contributed by atoms with Gasteiger partial charge in [-0.3, -0.25) is 0 Å². The zero-order valence-corrected chi connectivity index (χ0v) is 15.2. The third-order valence-corrected chi connectivity index (χ3v) is 5.13. The summed E-state index contributed by atoms with van der Waals surface area (Å²) in [4.78, 5) is 4.45. The summed E-state index contributed by atoms with van der Waals surface area (Å²) in [6.45, 7) is 0. The van der Waals surface area contributed by atoms with Crippen molar-refractivity contribution in [1.29, 1.82) is 5.26 Å². The summed E-state index contributed by atoms with van der Waals surface area (Å²) >= 11 is 13.5. The number of aliphatic hydroxyl groups excluding tert-OH is 1. The van der Waals surface area contributed by atoms with Crippen LogP contribution in [0.4, 0.5) is 0 Å². The highest BCUT2D eigenvalue weighted by molar-refractivity contribution is 7.11. The van der Waals surface area contributed by atoms with Crippen molar-refractivity contribution in [2.45, 2.75) is 5.38 Å². The first kappa shape index (κ1) is 17.5. The Kier molecular flexibility index (Phi) is 5.40. The molecule has 0 amide bonds. The molecule has 0 fully saturated rings. The molecule has 124 valence electrons. The lowest BCUT2D eigenvalue weighted by atomic mass is 10.1. The fourth-order valence-corrected chi connectivity index (χ4v) is 3.47. The van der Waals surface area contributed by atoms with Crippen molar-refractivity contribution in [2.24, 2.45) is 0 Å². The van der Waals surface area contributed by atoms with E-state index in [4.69, 9.17) is 23.2 Å². The Bertz CT molecular complexity index is 944. The summed E-state index contributed by atoms with van der Waals surface area (Å²) in [5.41, 5.74) is 2.38. The highest BCUT2D eigenvalue weighted by Gasteiger charge is 2.21. The number of nitriles is 1. The van der Waals surface area contributed by atoms with E-state index in [1.54, 1.807) is 24.3 Å². The quantitative estimate of drug-likeness (QED) is 0.328. The number of benzene rings is 2. The van der Waals surface area contributed by atoms with Gasteiger partial charge in [0.2, 0.25) is 0 Å². The molecule has 1 unspecified atom stereocenters. The van der Waals surface area contributed by atoms with Gasteiger partial charge in [0.1, 0.15) is 27.8 Å². The lowest BCUT2D eigenvalue weighted by Crippen LogP contribution is -1.98. The van der Waals surface area contributed by atoms with E-state index in [1.807, 2.05) is 41.8 Å². The van der Waals surface area contributed by atoms with Gasteiger partial charge in [0.15, 0.2) is 0 Å². The molecule has 2 aromatic carbocycles. The predicted octanol–water partition coefficient (Wildman–Crippen LogP) is 6.24. The summed E-state index contributed by atoms with van der Waals surface area (Å²) in [5.74, 6) is -0.202. The van der Waals surface area contributed by atoms with E-state index < -0.39 is 5.38 Å². The Morgan fingerprint density at radius 3 is 2.44 bits per heavy atom. The molecule has 0 spiro atoms. The number of nitrogens with zero attached hydrogens (tertiary/aromatic N) is 2. The van der Waals surface area contributed by atoms with Crippen LogP contribution in [0, 0.1) is 11.3 Å². The van der Waals surface area contributed by atoms with Crippen LogP contribution in [0.1, 0.15) is 15.9 Å². The van der Waals surface area contributed by atoms with Gasteiger partial charge in [0.25, 0.3) is 0 Å². The van der Waals surface area contributed by atoms with Gasteiger partial charge in [-0.15, -0.1) is 22.9 Å². The van der Waals surface area contributed by atoms with Crippen molar-refractivity contribution in [3.8, 4) is 17.3 Å². The Labute approximate surface area is 159 Å². The SMILES string of the molecule is N#C/C(=C(\O)C(Cl)c1ccccc1)c1nc(-c2ccc(Cl)cc2)cs1. The van der Waals surface area contributed by atoms with Crippen LogP contribution >= 0.6 is 34.5 Å². The second kappa shape index (κ2) is 7.71. The van der Waals surface area contributed by atoms with Crippen molar-refractivity contribution in [1.82, 2.24) is 4.98 Å². The molecule has 3 nitrogen and oxygen atoms in total. The number of allylic oxidation sites excluding steroid dienone is 2. The van der Waals surface area contributed by atoms with Crippen molar-refractivity contribution in [3.05, 3.63) is 81.3 Å². The fourth-order valence-electron chi connectivity index (χ4n) is 2.26. The number of halogens is 2. The molecule has 1 atom stereocenters. The average Bonchev–Trinajstić information content (AvgIpc) is 3.12. The maximum atomic E-state index is 10.5. The fraction of sp³-hybridized carbons (Fsp3) is 0.0526. The Morgan fingerprint density at radius 1 is 1.12 bits per heavy atom. The minimum atomic E-state index is -0.807. The van der Waals surface area contributed by atoms with E-state index in [0.717, 1.165) is 5.56 Å². The maximum absolute atomic E-state index is 10.5. The number of hydrogen-bond acceptors (Lipinski definition) is 4. The summed E-state index contributed by atoms with van der Waals surface area (Å²) in [7, 11) is 0. The van der Waals surface area contributed by atoms with Crippen molar-refractivity contribution < 1.29 is 5.11 Å². The molecule has 0 aliphatic rings. The van der Waals surface area contributed by atoms with Gasteiger partial charge in [-0.25, -0.2) is 4.98 Å². The van der Waals surface area contributed by atoms with Crippen LogP contribution < -0.4 is 0 Å². The number of aliphatic hydroxyl groups is 1. The maximum Gasteiger partial charge on any atom is 0.138 e. The molecule has 3 rings (SSSR count). The minimum Gasteiger partial charge on any atom is -0.509 e. The third kappa shape index (κ3) is 3.85. The topological polar surface area (TPSA) is 56.9 Å². The zero-order chi connectivity index (χ0) is 17.8. The van der Waals surface area contributed by atoms with Crippen molar-refractivity contribution >= 4 is 40.1 Å². The molecule has 0 radical (unpaired) electrons. The molecule has 1 N–H and O–H groups in total. The number of alkyl halides is 1. The van der Waals surface area contributed by atoms with Crippen LogP contribution in [0.2, 0.25) is 5.02 Å². The normalized spacial score (nSPS) is 13.0. The number of aromatic nitrogens is 1. The molecular weight excluding hydrogens is 375 g/mol. The van der Waals surface area contributed by atoms with Crippen LogP contribution in [-0.2, 0) is 0 Å². The first-order valence-electron chi connectivity index (χ1n) is 7.34. The number of rotatable bonds is 4. The first-order valence-corrected chi connectivity index (χ1v) is 9.03. The van der Waals surface area contributed by atoms with Gasteiger partial charge in [-0.2, -0.15) is 5.26 Å². The van der Waals surface area contributed by atoms with Gasteiger partial charge in [-0.05, 0) is 17.7 Å². The molecule has 0 saturated heterocycles. The van der Waals surface area contributed by atoms with Crippen LogP contribution in [0.5, 0.6) is 0 Å². The van der Waals surface area contributed by atoms with Crippen LogP contribution in [0.3, 0.4) is 0 Å². The number of hydrogen-bond donors (Lipinski definition) is 1. The molecule has 0 aliphatic heterocycles. The Morgan fingerprint density at radius 2 is 1.80 bits per heavy atom. The molecule has 1 heterocycles. The smallest absolute Gasteiger partial charge is 0.138 e. The largest absolute Gasteiger partial charge is 0.509 e.